The Morgan fingerprint density at radius 2 is 1.89 bits per heavy atom. The Morgan fingerprint density at radius 3 is 2.78 bits per heavy atom. The zero-order valence-corrected chi connectivity index (χ0v) is 10.3. The normalized spacial score (nSPS) is 12.4. The molecule has 2 aromatic rings. The van der Waals surface area contributed by atoms with Gasteiger partial charge in [0.15, 0.2) is 0 Å². The Morgan fingerprint density at radius 1 is 1.00 bits per heavy atom. The van der Waals surface area contributed by atoms with Crippen LogP contribution in [0, 0.1) is 18.8 Å². The standard InChI is InChI=1S/C17H13N/c1-13-5-4-6-14(11-13)9-10-17-16-8-3-2-7-15(16)12-18-17/h2-8,11H,12H2,1H3. The number of aliphatic imine (C=N–C) groups is 1. The number of benzene rings is 2. The summed E-state index contributed by atoms with van der Waals surface area (Å²) >= 11 is 0. The number of fused-ring (bicyclic) bond motifs is 1. The van der Waals surface area contributed by atoms with Crippen LogP contribution in [0.25, 0.3) is 0 Å². The van der Waals surface area contributed by atoms with Crippen molar-refractivity contribution >= 4 is 5.71 Å². The second-order valence-corrected chi connectivity index (χ2v) is 4.44. The predicted molar refractivity (Wildman–Crippen MR) is 74.7 cm³/mol. The van der Waals surface area contributed by atoms with Gasteiger partial charge in [0.1, 0.15) is 5.71 Å². The molecule has 3 rings (SSSR count). The van der Waals surface area contributed by atoms with Gasteiger partial charge in [-0.25, -0.2) is 0 Å². The quantitative estimate of drug-likeness (QED) is 0.617. The van der Waals surface area contributed by atoms with E-state index in [4.69, 9.17) is 0 Å². The van der Waals surface area contributed by atoms with Crippen LogP contribution in [0.4, 0.5) is 0 Å². The molecule has 0 aromatic heterocycles. The first-order valence-electron chi connectivity index (χ1n) is 6.04. The zero-order chi connectivity index (χ0) is 12.4. The van der Waals surface area contributed by atoms with Gasteiger partial charge >= 0.3 is 0 Å². The van der Waals surface area contributed by atoms with E-state index in [1.54, 1.807) is 0 Å². The van der Waals surface area contributed by atoms with Crippen LogP contribution < -0.4 is 0 Å². The van der Waals surface area contributed by atoms with Crippen molar-refractivity contribution in [2.75, 3.05) is 0 Å². The average molecular weight is 231 g/mol. The lowest BCUT2D eigenvalue weighted by molar-refractivity contribution is 1.11. The van der Waals surface area contributed by atoms with Crippen LogP contribution in [-0.4, -0.2) is 5.71 Å². The fourth-order valence-corrected chi connectivity index (χ4v) is 2.10. The maximum Gasteiger partial charge on any atom is 0.115 e. The average Bonchev–Trinajstić information content (AvgIpc) is 2.80. The molecule has 0 spiro atoms. The van der Waals surface area contributed by atoms with Crippen LogP contribution in [0.3, 0.4) is 0 Å². The van der Waals surface area contributed by atoms with E-state index in [0.29, 0.717) is 0 Å². The summed E-state index contributed by atoms with van der Waals surface area (Å²) in [6, 6.07) is 16.5. The Bertz CT molecular complexity index is 684. The zero-order valence-electron chi connectivity index (χ0n) is 10.3. The van der Waals surface area contributed by atoms with Crippen molar-refractivity contribution in [2.24, 2.45) is 4.99 Å². The van der Waals surface area contributed by atoms with Gasteiger partial charge in [0.2, 0.25) is 0 Å². The van der Waals surface area contributed by atoms with Gasteiger partial charge < -0.3 is 0 Å². The fraction of sp³-hybridized carbons (Fsp3) is 0.118. The highest BCUT2D eigenvalue weighted by molar-refractivity contribution is 6.15. The van der Waals surface area contributed by atoms with Crippen molar-refractivity contribution in [2.45, 2.75) is 13.5 Å². The van der Waals surface area contributed by atoms with Crippen molar-refractivity contribution in [3.63, 3.8) is 0 Å². The van der Waals surface area contributed by atoms with Crippen LogP contribution >= 0.6 is 0 Å². The van der Waals surface area contributed by atoms with Crippen LogP contribution in [-0.2, 0) is 6.54 Å². The molecule has 0 unspecified atom stereocenters. The molecule has 1 heterocycles. The second-order valence-electron chi connectivity index (χ2n) is 4.44. The molecule has 18 heavy (non-hydrogen) atoms. The first-order valence-corrected chi connectivity index (χ1v) is 6.04. The fourth-order valence-electron chi connectivity index (χ4n) is 2.10. The third-order valence-corrected chi connectivity index (χ3v) is 3.02. The topological polar surface area (TPSA) is 12.4 Å². The van der Waals surface area contributed by atoms with E-state index < -0.39 is 0 Å². The number of nitrogens with zero attached hydrogens (tertiary/aromatic N) is 1. The van der Waals surface area contributed by atoms with E-state index in [-0.39, 0.29) is 0 Å². The number of aryl methyl sites for hydroxylation is 1. The number of hydrogen-bond acceptors (Lipinski definition) is 1. The van der Waals surface area contributed by atoms with Crippen molar-refractivity contribution < 1.29 is 0 Å². The van der Waals surface area contributed by atoms with Crippen molar-refractivity contribution in [3.05, 3.63) is 70.8 Å². The van der Waals surface area contributed by atoms with Gasteiger partial charge in [0.25, 0.3) is 0 Å². The molecule has 0 radical (unpaired) electrons. The van der Waals surface area contributed by atoms with Crippen molar-refractivity contribution in [1.29, 1.82) is 0 Å². The van der Waals surface area contributed by atoms with Crippen molar-refractivity contribution in [3.8, 4) is 11.8 Å². The van der Waals surface area contributed by atoms with E-state index in [1.807, 2.05) is 24.3 Å². The van der Waals surface area contributed by atoms with Crippen LogP contribution in [0.2, 0.25) is 0 Å². The van der Waals surface area contributed by atoms with E-state index in [2.05, 4.69) is 48.0 Å². The largest absolute Gasteiger partial charge is 0.271 e. The van der Waals surface area contributed by atoms with Crippen LogP contribution in [0.5, 0.6) is 0 Å². The molecule has 0 saturated carbocycles. The molecule has 2 aromatic carbocycles. The van der Waals surface area contributed by atoms with Gasteiger partial charge in [0, 0.05) is 11.1 Å². The van der Waals surface area contributed by atoms with Crippen LogP contribution in [0.15, 0.2) is 53.5 Å². The first-order chi connectivity index (χ1) is 8.83. The SMILES string of the molecule is Cc1cccc(C#CC2=NCc3ccccc32)c1. The molecule has 0 bridgehead atoms. The maximum absolute atomic E-state index is 4.48. The smallest absolute Gasteiger partial charge is 0.115 e. The molecule has 0 amide bonds. The highest BCUT2D eigenvalue weighted by Crippen LogP contribution is 2.17. The van der Waals surface area contributed by atoms with E-state index in [0.717, 1.165) is 17.8 Å². The van der Waals surface area contributed by atoms with Gasteiger partial charge in [-0.05, 0) is 36.1 Å². The molecule has 1 heteroatoms. The number of rotatable bonds is 0. The summed E-state index contributed by atoms with van der Waals surface area (Å²) in [4.78, 5) is 4.48. The Kier molecular flexibility index (Phi) is 2.70. The Hall–Kier alpha value is -2.33. The summed E-state index contributed by atoms with van der Waals surface area (Å²) in [5.41, 5.74) is 5.63. The van der Waals surface area contributed by atoms with E-state index in [1.165, 1.54) is 16.7 Å². The predicted octanol–water partition coefficient (Wildman–Crippen LogP) is 3.35. The summed E-state index contributed by atoms with van der Waals surface area (Å²) in [5, 5.41) is 0. The van der Waals surface area contributed by atoms with E-state index in [9.17, 15) is 0 Å². The van der Waals surface area contributed by atoms with Crippen molar-refractivity contribution in [1.82, 2.24) is 0 Å². The highest BCUT2D eigenvalue weighted by atomic mass is 14.8. The lowest BCUT2D eigenvalue weighted by atomic mass is 10.1. The lowest BCUT2D eigenvalue weighted by Crippen LogP contribution is -1.93. The van der Waals surface area contributed by atoms with Gasteiger partial charge in [-0.3, -0.25) is 4.99 Å². The summed E-state index contributed by atoms with van der Waals surface area (Å²) in [6.07, 6.45) is 0. The molecule has 0 fully saturated rings. The molecule has 1 aliphatic heterocycles. The molecule has 1 aliphatic rings. The molecule has 0 atom stereocenters. The summed E-state index contributed by atoms with van der Waals surface area (Å²) in [6.45, 7) is 2.83. The summed E-state index contributed by atoms with van der Waals surface area (Å²) in [5.74, 6) is 6.37. The molecule has 0 N–H and O–H groups in total. The summed E-state index contributed by atoms with van der Waals surface area (Å²) < 4.78 is 0. The third-order valence-electron chi connectivity index (χ3n) is 3.02. The van der Waals surface area contributed by atoms with Gasteiger partial charge in [-0.1, -0.05) is 42.3 Å². The molecular formula is C17H13N. The molecular weight excluding hydrogens is 218 g/mol. The van der Waals surface area contributed by atoms with Crippen LogP contribution in [0.1, 0.15) is 22.3 Å². The maximum atomic E-state index is 4.48. The Labute approximate surface area is 107 Å². The van der Waals surface area contributed by atoms with Gasteiger partial charge in [0.05, 0.1) is 6.54 Å². The molecule has 1 nitrogen and oxygen atoms in total. The monoisotopic (exact) mass is 231 g/mol. The highest BCUT2D eigenvalue weighted by Gasteiger charge is 2.12. The molecule has 0 aliphatic carbocycles. The number of hydrogen-bond donors (Lipinski definition) is 0. The Balaban J connectivity index is 1.92. The minimum absolute atomic E-state index is 0.758. The molecule has 86 valence electrons. The summed E-state index contributed by atoms with van der Waals surface area (Å²) in [7, 11) is 0. The minimum atomic E-state index is 0.758. The second kappa shape index (κ2) is 4.50. The van der Waals surface area contributed by atoms with Gasteiger partial charge in [-0.2, -0.15) is 0 Å². The first kappa shape index (κ1) is 10.8. The lowest BCUT2D eigenvalue weighted by Gasteiger charge is -1.96. The third kappa shape index (κ3) is 2.06. The van der Waals surface area contributed by atoms with Gasteiger partial charge in [-0.15, -0.1) is 0 Å². The minimum Gasteiger partial charge on any atom is -0.271 e. The molecule has 0 saturated heterocycles. The van der Waals surface area contributed by atoms with E-state index >= 15 is 0 Å².